The van der Waals surface area contributed by atoms with Crippen molar-refractivity contribution in [2.24, 2.45) is 4.99 Å². The molecule has 0 radical (unpaired) electrons. The Bertz CT molecular complexity index is 763. The van der Waals surface area contributed by atoms with Crippen LogP contribution in [-0.2, 0) is 4.74 Å². The van der Waals surface area contributed by atoms with Crippen LogP contribution in [0.4, 0.5) is 14.6 Å². The monoisotopic (exact) mass is 368 g/mol. The number of nitrogen functional groups attached to an aromatic ring is 1. The van der Waals surface area contributed by atoms with Crippen LogP contribution in [0.15, 0.2) is 33.8 Å². The maximum absolute atomic E-state index is 14.4. The van der Waals surface area contributed by atoms with Gasteiger partial charge >= 0.3 is 5.69 Å². The predicted octanol–water partition coefficient (Wildman–Crippen LogP) is 0.238. The molecule has 2 fully saturated rings. The molecule has 0 bridgehead atoms. The van der Waals surface area contributed by atoms with E-state index in [2.05, 4.69) is 15.3 Å². The lowest BCUT2D eigenvalue weighted by Gasteiger charge is -2.31. The lowest BCUT2D eigenvalue weighted by Crippen LogP contribution is -2.45. The van der Waals surface area contributed by atoms with Crippen LogP contribution in [0.25, 0.3) is 0 Å². The van der Waals surface area contributed by atoms with Gasteiger partial charge in [0.1, 0.15) is 5.82 Å². The molecule has 142 valence electrons. The molecule has 8 nitrogen and oxygen atoms in total. The van der Waals surface area contributed by atoms with E-state index in [1.54, 1.807) is 13.3 Å². The number of aromatic nitrogens is 2. The molecule has 2 atom stereocenters. The van der Waals surface area contributed by atoms with E-state index in [0.29, 0.717) is 13.1 Å². The molecule has 26 heavy (non-hydrogen) atoms. The van der Waals surface area contributed by atoms with Crippen LogP contribution in [0.5, 0.6) is 0 Å². The lowest BCUT2D eigenvalue weighted by molar-refractivity contribution is -0.118. The Morgan fingerprint density at radius 1 is 1.58 bits per heavy atom. The third-order valence-corrected chi connectivity index (χ3v) is 4.35. The summed E-state index contributed by atoms with van der Waals surface area (Å²) in [5, 5.41) is 3.25. The smallest absolute Gasteiger partial charge is 0.351 e. The Kier molecular flexibility index (Phi) is 5.33. The number of rotatable bonds is 4. The van der Waals surface area contributed by atoms with Crippen LogP contribution >= 0.6 is 0 Å². The summed E-state index contributed by atoms with van der Waals surface area (Å²) in [6.07, 6.45) is 1.94. The summed E-state index contributed by atoms with van der Waals surface area (Å²) >= 11 is 0. The van der Waals surface area contributed by atoms with E-state index in [0.717, 1.165) is 23.4 Å². The maximum Gasteiger partial charge on any atom is 0.351 e. The zero-order chi connectivity index (χ0) is 18.7. The number of aliphatic imine (C=N–C) groups is 1. The first-order chi connectivity index (χ1) is 12.4. The van der Waals surface area contributed by atoms with Crippen LogP contribution < -0.4 is 16.7 Å². The van der Waals surface area contributed by atoms with Gasteiger partial charge in [0.05, 0.1) is 6.10 Å². The molecule has 3 N–H and O–H groups in total. The Balaban J connectivity index is 1.68. The summed E-state index contributed by atoms with van der Waals surface area (Å²) in [7, 11) is 1.68. The normalized spacial score (nSPS) is 27.9. The number of piperazine rings is 1. The number of hydrogen-bond acceptors (Lipinski definition) is 7. The average molecular weight is 368 g/mol. The van der Waals surface area contributed by atoms with Gasteiger partial charge in [-0.2, -0.15) is 4.98 Å². The highest BCUT2D eigenvalue weighted by atomic mass is 19.3. The first kappa shape index (κ1) is 18.5. The molecule has 1 aromatic heterocycles. The molecule has 10 heteroatoms. The van der Waals surface area contributed by atoms with Gasteiger partial charge in [0.15, 0.2) is 0 Å². The molecule has 0 saturated carbocycles. The van der Waals surface area contributed by atoms with Gasteiger partial charge in [0.2, 0.25) is 6.23 Å². The Morgan fingerprint density at radius 3 is 3.12 bits per heavy atom. The average Bonchev–Trinajstić information content (AvgIpc) is 2.87. The predicted molar refractivity (Wildman–Crippen MR) is 93.3 cm³/mol. The zero-order valence-electron chi connectivity index (χ0n) is 14.4. The summed E-state index contributed by atoms with van der Waals surface area (Å²) in [4.78, 5) is 21.3. The number of halogens is 2. The highest BCUT2D eigenvalue weighted by Gasteiger charge is 2.52. The molecule has 3 heterocycles. The standard InChI is InChI=1S/C16H22F2N6O2/c1-20-4-2-11-9-23(7-5-21-11)10-12-8-16(17,18)14(26-12)24-6-3-13(19)22-15(24)25/h2-4,6,12,14,21H,5,7-10H2,1H3,(H2,19,22,25)/b11-2-,20-4-/t12-,14+/m0/s1. The van der Waals surface area contributed by atoms with Crippen molar-refractivity contribution in [3.63, 3.8) is 0 Å². The molecule has 2 saturated heterocycles. The molecule has 2 aliphatic heterocycles. The lowest BCUT2D eigenvalue weighted by atomic mass is 10.1. The molecule has 0 spiro atoms. The van der Waals surface area contributed by atoms with Crippen LogP contribution in [0, 0.1) is 0 Å². The molecule has 3 rings (SSSR count). The van der Waals surface area contributed by atoms with Gasteiger partial charge in [-0.25, -0.2) is 13.6 Å². The van der Waals surface area contributed by atoms with Crippen LogP contribution in [0.1, 0.15) is 12.6 Å². The highest BCUT2D eigenvalue weighted by Crippen LogP contribution is 2.42. The van der Waals surface area contributed by atoms with E-state index < -0.39 is 30.4 Å². The minimum Gasteiger partial charge on any atom is -0.386 e. The van der Waals surface area contributed by atoms with Crippen molar-refractivity contribution >= 4 is 12.0 Å². The number of anilines is 1. The first-order valence-electron chi connectivity index (χ1n) is 8.34. The Hall–Kier alpha value is -2.33. The van der Waals surface area contributed by atoms with E-state index in [1.165, 1.54) is 12.3 Å². The van der Waals surface area contributed by atoms with E-state index >= 15 is 0 Å². The Labute approximate surface area is 149 Å². The summed E-state index contributed by atoms with van der Waals surface area (Å²) in [5.41, 5.74) is 5.54. The number of hydrogen-bond donors (Lipinski definition) is 2. The number of nitrogens with two attached hydrogens (primary N) is 1. The van der Waals surface area contributed by atoms with E-state index in [4.69, 9.17) is 10.5 Å². The number of allylic oxidation sites excluding steroid dienone is 1. The second-order valence-corrected chi connectivity index (χ2v) is 6.38. The van der Waals surface area contributed by atoms with Crippen molar-refractivity contribution in [3.8, 4) is 0 Å². The van der Waals surface area contributed by atoms with E-state index in [9.17, 15) is 13.6 Å². The topological polar surface area (TPSA) is 97.8 Å². The van der Waals surface area contributed by atoms with Crippen molar-refractivity contribution in [2.75, 3.05) is 39.0 Å². The van der Waals surface area contributed by atoms with Crippen molar-refractivity contribution < 1.29 is 13.5 Å². The van der Waals surface area contributed by atoms with Gasteiger partial charge in [-0.15, -0.1) is 0 Å². The summed E-state index contributed by atoms with van der Waals surface area (Å²) in [6, 6.07) is 1.30. The fraction of sp³-hybridized carbons (Fsp3) is 0.562. The Morgan fingerprint density at radius 2 is 2.38 bits per heavy atom. The van der Waals surface area contributed by atoms with Crippen LogP contribution in [-0.4, -0.2) is 65.9 Å². The highest BCUT2D eigenvalue weighted by molar-refractivity contribution is 5.71. The zero-order valence-corrected chi connectivity index (χ0v) is 14.4. The minimum absolute atomic E-state index is 0.0140. The molecule has 0 amide bonds. The van der Waals surface area contributed by atoms with Gasteiger partial charge < -0.3 is 15.8 Å². The van der Waals surface area contributed by atoms with Crippen molar-refractivity contribution in [1.29, 1.82) is 0 Å². The third-order valence-electron chi connectivity index (χ3n) is 4.35. The second kappa shape index (κ2) is 7.50. The number of alkyl halides is 2. The third kappa shape index (κ3) is 4.07. The van der Waals surface area contributed by atoms with Crippen molar-refractivity contribution in [2.45, 2.75) is 24.7 Å². The van der Waals surface area contributed by atoms with Crippen molar-refractivity contribution in [3.05, 3.63) is 34.5 Å². The van der Waals surface area contributed by atoms with Crippen LogP contribution in [0.2, 0.25) is 0 Å². The first-order valence-corrected chi connectivity index (χ1v) is 8.34. The molecule has 0 unspecified atom stereocenters. The molecule has 1 aromatic rings. The number of nitrogens with zero attached hydrogens (tertiary/aromatic N) is 4. The van der Waals surface area contributed by atoms with Gasteiger partial charge in [0, 0.05) is 57.8 Å². The van der Waals surface area contributed by atoms with Crippen molar-refractivity contribution in [1.82, 2.24) is 19.8 Å². The quantitative estimate of drug-likeness (QED) is 0.739. The maximum atomic E-state index is 14.4. The van der Waals surface area contributed by atoms with Gasteiger partial charge in [-0.3, -0.25) is 14.5 Å². The summed E-state index contributed by atoms with van der Waals surface area (Å²) in [6.45, 7) is 2.40. The fourth-order valence-corrected chi connectivity index (χ4v) is 3.19. The van der Waals surface area contributed by atoms with Gasteiger partial charge in [-0.1, -0.05) is 0 Å². The molecular formula is C16H22F2N6O2. The van der Waals surface area contributed by atoms with Crippen LogP contribution in [0.3, 0.4) is 0 Å². The summed E-state index contributed by atoms with van der Waals surface area (Å²) in [5.74, 6) is -3.17. The van der Waals surface area contributed by atoms with Gasteiger partial charge in [0.25, 0.3) is 5.92 Å². The fourth-order valence-electron chi connectivity index (χ4n) is 3.19. The molecule has 0 aliphatic carbocycles. The molecule has 0 aromatic carbocycles. The number of ether oxygens (including phenoxy) is 1. The largest absolute Gasteiger partial charge is 0.386 e. The molecular weight excluding hydrogens is 346 g/mol. The van der Waals surface area contributed by atoms with E-state index in [-0.39, 0.29) is 5.82 Å². The second-order valence-electron chi connectivity index (χ2n) is 6.38. The minimum atomic E-state index is -3.16. The van der Waals surface area contributed by atoms with E-state index in [1.807, 2.05) is 11.0 Å². The summed E-state index contributed by atoms with van der Waals surface area (Å²) < 4.78 is 35.2. The SMILES string of the molecule is C/N=C\C=C1\CN(C[C@@H]2CC(F)(F)[C@H](n3ccc(N)nc3=O)O2)CCN1. The number of nitrogens with one attached hydrogen (secondary N) is 1. The molecule has 2 aliphatic rings. The van der Waals surface area contributed by atoms with Gasteiger partial charge in [-0.05, 0) is 12.1 Å².